The Bertz CT molecular complexity index is 567. The standard InChI is InChI=1S/C17H19ClO2/c1-19-16-12-6-10-14(17(16)20-2)9-5-8-13-7-3-4-11-15(13)18/h3-4,6-7,10-12H,5,8-9H2,1-2H3. The highest BCUT2D eigenvalue weighted by molar-refractivity contribution is 6.31. The highest BCUT2D eigenvalue weighted by atomic mass is 35.5. The summed E-state index contributed by atoms with van der Waals surface area (Å²) in [5.41, 5.74) is 2.36. The lowest BCUT2D eigenvalue weighted by Crippen LogP contribution is -1.97. The quantitative estimate of drug-likeness (QED) is 0.778. The van der Waals surface area contributed by atoms with Gasteiger partial charge in [-0.3, -0.25) is 0 Å². The van der Waals surface area contributed by atoms with Crippen LogP contribution in [-0.2, 0) is 12.8 Å². The van der Waals surface area contributed by atoms with Gasteiger partial charge in [-0.25, -0.2) is 0 Å². The molecule has 0 aliphatic rings. The first-order valence-electron chi connectivity index (χ1n) is 6.69. The number of methoxy groups -OCH3 is 2. The Balaban J connectivity index is 2.03. The van der Waals surface area contributed by atoms with Crippen LogP contribution in [0.3, 0.4) is 0 Å². The van der Waals surface area contributed by atoms with Crippen LogP contribution in [0.4, 0.5) is 0 Å². The normalized spacial score (nSPS) is 10.3. The molecule has 0 saturated carbocycles. The number of ether oxygens (including phenoxy) is 2. The summed E-state index contributed by atoms with van der Waals surface area (Å²) < 4.78 is 10.8. The fourth-order valence-electron chi connectivity index (χ4n) is 2.32. The Morgan fingerprint density at radius 3 is 2.25 bits per heavy atom. The Labute approximate surface area is 125 Å². The van der Waals surface area contributed by atoms with Crippen LogP contribution < -0.4 is 9.47 Å². The van der Waals surface area contributed by atoms with Crippen molar-refractivity contribution in [1.29, 1.82) is 0 Å². The molecule has 0 heterocycles. The van der Waals surface area contributed by atoms with Crippen molar-refractivity contribution in [2.24, 2.45) is 0 Å². The van der Waals surface area contributed by atoms with Crippen molar-refractivity contribution >= 4 is 11.6 Å². The number of halogens is 1. The molecule has 0 aromatic heterocycles. The molecule has 2 aromatic carbocycles. The number of hydrogen-bond donors (Lipinski definition) is 0. The van der Waals surface area contributed by atoms with Crippen LogP contribution in [0.15, 0.2) is 42.5 Å². The van der Waals surface area contributed by atoms with Crippen molar-refractivity contribution in [2.75, 3.05) is 14.2 Å². The Kier molecular flexibility index (Phi) is 5.31. The zero-order chi connectivity index (χ0) is 14.4. The molecule has 106 valence electrons. The Morgan fingerprint density at radius 2 is 1.55 bits per heavy atom. The van der Waals surface area contributed by atoms with E-state index in [9.17, 15) is 0 Å². The minimum atomic E-state index is 0.780. The van der Waals surface area contributed by atoms with Gasteiger partial charge in [-0.1, -0.05) is 41.9 Å². The van der Waals surface area contributed by atoms with Crippen molar-refractivity contribution in [3.8, 4) is 11.5 Å². The zero-order valence-electron chi connectivity index (χ0n) is 11.9. The Morgan fingerprint density at radius 1 is 0.850 bits per heavy atom. The molecule has 0 aliphatic carbocycles. The summed E-state index contributed by atoms with van der Waals surface area (Å²) >= 11 is 6.17. The van der Waals surface area contributed by atoms with E-state index in [0.29, 0.717) is 0 Å². The third kappa shape index (κ3) is 3.45. The summed E-state index contributed by atoms with van der Waals surface area (Å²) in [5, 5.41) is 0.838. The van der Waals surface area contributed by atoms with Crippen molar-refractivity contribution in [1.82, 2.24) is 0 Å². The van der Waals surface area contributed by atoms with Crippen LogP contribution in [0.1, 0.15) is 17.5 Å². The molecule has 0 atom stereocenters. The zero-order valence-corrected chi connectivity index (χ0v) is 12.6. The molecular weight excluding hydrogens is 272 g/mol. The molecule has 0 aliphatic heterocycles. The molecular formula is C17H19ClO2. The van der Waals surface area contributed by atoms with Crippen LogP contribution in [0.2, 0.25) is 5.02 Å². The van der Waals surface area contributed by atoms with E-state index in [1.165, 1.54) is 11.1 Å². The fraction of sp³-hybridized carbons (Fsp3) is 0.294. The average molecular weight is 291 g/mol. The van der Waals surface area contributed by atoms with Crippen LogP contribution >= 0.6 is 11.6 Å². The van der Waals surface area contributed by atoms with Gasteiger partial charge in [-0.2, -0.15) is 0 Å². The summed E-state index contributed by atoms with van der Waals surface area (Å²) in [6.07, 6.45) is 2.92. The molecule has 0 bridgehead atoms. The maximum absolute atomic E-state index is 6.17. The number of benzene rings is 2. The second kappa shape index (κ2) is 7.20. The molecule has 0 unspecified atom stereocenters. The number of hydrogen-bond acceptors (Lipinski definition) is 2. The van der Waals surface area contributed by atoms with E-state index < -0.39 is 0 Å². The van der Waals surface area contributed by atoms with Gasteiger partial charge < -0.3 is 9.47 Å². The number of aryl methyl sites for hydroxylation is 2. The highest BCUT2D eigenvalue weighted by Crippen LogP contribution is 2.31. The van der Waals surface area contributed by atoms with Crippen LogP contribution in [-0.4, -0.2) is 14.2 Å². The maximum Gasteiger partial charge on any atom is 0.163 e. The van der Waals surface area contributed by atoms with Gasteiger partial charge in [0.15, 0.2) is 11.5 Å². The van der Waals surface area contributed by atoms with Gasteiger partial charge in [0.05, 0.1) is 14.2 Å². The molecule has 3 heteroatoms. The first-order chi connectivity index (χ1) is 9.76. The summed E-state index contributed by atoms with van der Waals surface area (Å²) in [5.74, 6) is 1.61. The van der Waals surface area contributed by atoms with E-state index >= 15 is 0 Å². The van der Waals surface area contributed by atoms with Crippen LogP contribution in [0.5, 0.6) is 11.5 Å². The largest absolute Gasteiger partial charge is 0.493 e. The molecule has 0 spiro atoms. The highest BCUT2D eigenvalue weighted by Gasteiger charge is 2.09. The maximum atomic E-state index is 6.17. The van der Waals surface area contributed by atoms with Gasteiger partial charge >= 0.3 is 0 Å². The van der Waals surface area contributed by atoms with Crippen molar-refractivity contribution < 1.29 is 9.47 Å². The van der Waals surface area contributed by atoms with Crippen molar-refractivity contribution in [3.63, 3.8) is 0 Å². The topological polar surface area (TPSA) is 18.5 Å². The van der Waals surface area contributed by atoms with E-state index in [2.05, 4.69) is 12.1 Å². The lowest BCUT2D eigenvalue weighted by atomic mass is 10.0. The van der Waals surface area contributed by atoms with Gasteiger partial charge in [0, 0.05) is 5.02 Å². The van der Waals surface area contributed by atoms with Gasteiger partial charge in [0.25, 0.3) is 0 Å². The van der Waals surface area contributed by atoms with E-state index in [-0.39, 0.29) is 0 Å². The number of rotatable bonds is 6. The van der Waals surface area contributed by atoms with Crippen LogP contribution in [0, 0.1) is 0 Å². The van der Waals surface area contributed by atoms with Gasteiger partial charge in [-0.05, 0) is 42.5 Å². The molecule has 0 saturated heterocycles. The third-order valence-corrected chi connectivity index (χ3v) is 3.70. The van der Waals surface area contributed by atoms with Crippen molar-refractivity contribution in [3.05, 3.63) is 58.6 Å². The molecule has 20 heavy (non-hydrogen) atoms. The summed E-state index contributed by atoms with van der Waals surface area (Å²) in [6.45, 7) is 0. The molecule has 2 rings (SSSR count). The van der Waals surface area contributed by atoms with Gasteiger partial charge in [0.1, 0.15) is 0 Å². The second-order valence-corrected chi connectivity index (χ2v) is 5.00. The van der Waals surface area contributed by atoms with Gasteiger partial charge in [-0.15, -0.1) is 0 Å². The van der Waals surface area contributed by atoms with E-state index in [1.54, 1.807) is 14.2 Å². The number of para-hydroxylation sites is 1. The smallest absolute Gasteiger partial charge is 0.163 e. The minimum Gasteiger partial charge on any atom is -0.493 e. The van der Waals surface area contributed by atoms with Crippen molar-refractivity contribution in [2.45, 2.75) is 19.3 Å². The second-order valence-electron chi connectivity index (χ2n) is 4.60. The molecule has 0 N–H and O–H groups in total. The summed E-state index contributed by atoms with van der Waals surface area (Å²) in [7, 11) is 3.33. The molecule has 0 fully saturated rings. The lowest BCUT2D eigenvalue weighted by Gasteiger charge is -2.12. The van der Waals surface area contributed by atoms with E-state index in [0.717, 1.165) is 35.8 Å². The Hall–Kier alpha value is -1.67. The first-order valence-corrected chi connectivity index (χ1v) is 7.07. The molecule has 0 amide bonds. The average Bonchev–Trinajstić information content (AvgIpc) is 2.48. The summed E-state index contributed by atoms with van der Waals surface area (Å²) in [6, 6.07) is 14.0. The van der Waals surface area contributed by atoms with Gasteiger partial charge in [0.2, 0.25) is 0 Å². The fourth-order valence-corrected chi connectivity index (χ4v) is 2.55. The minimum absolute atomic E-state index is 0.780. The van der Waals surface area contributed by atoms with E-state index in [4.69, 9.17) is 21.1 Å². The van der Waals surface area contributed by atoms with Crippen LogP contribution in [0.25, 0.3) is 0 Å². The summed E-state index contributed by atoms with van der Waals surface area (Å²) in [4.78, 5) is 0. The molecule has 2 aromatic rings. The monoisotopic (exact) mass is 290 g/mol. The predicted octanol–water partition coefficient (Wildman–Crippen LogP) is 4.53. The predicted molar refractivity (Wildman–Crippen MR) is 83.0 cm³/mol. The molecule has 2 nitrogen and oxygen atoms in total. The SMILES string of the molecule is COc1cccc(CCCc2ccccc2Cl)c1OC. The first kappa shape index (κ1) is 14.7. The van der Waals surface area contributed by atoms with E-state index in [1.807, 2.05) is 30.3 Å². The third-order valence-electron chi connectivity index (χ3n) is 3.33. The molecule has 0 radical (unpaired) electrons. The lowest BCUT2D eigenvalue weighted by molar-refractivity contribution is 0.351.